The second-order valence-electron chi connectivity index (χ2n) is 7.33. The molecule has 26 heavy (non-hydrogen) atoms. The van der Waals surface area contributed by atoms with Crippen LogP contribution in [0, 0.1) is 0 Å². The van der Waals surface area contributed by atoms with Crippen molar-refractivity contribution in [2.24, 2.45) is 0 Å². The number of ether oxygens (including phenoxy) is 3. The van der Waals surface area contributed by atoms with E-state index in [0.717, 1.165) is 18.4 Å². The summed E-state index contributed by atoms with van der Waals surface area (Å²) in [7, 11) is 3.44. The Hall–Kier alpha value is -1.47. The van der Waals surface area contributed by atoms with E-state index in [0.29, 0.717) is 26.1 Å². The van der Waals surface area contributed by atoms with E-state index in [-0.39, 0.29) is 24.2 Å². The highest BCUT2D eigenvalue weighted by Gasteiger charge is 2.45. The van der Waals surface area contributed by atoms with Gasteiger partial charge in [0.05, 0.1) is 31.0 Å². The maximum atomic E-state index is 12.4. The number of carbonyl (C=O) groups is 1. The van der Waals surface area contributed by atoms with Crippen molar-refractivity contribution < 1.29 is 24.1 Å². The predicted molar refractivity (Wildman–Crippen MR) is 96.6 cm³/mol. The molecule has 0 aliphatic carbocycles. The lowest BCUT2D eigenvalue weighted by molar-refractivity contribution is -0.147. The van der Waals surface area contributed by atoms with Crippen LogP contribution in [0.1, 0.15) is 31.2 Å². The number of hydrogen-bond donors (Lipinski definition) is 1. The minimum absolute atomic E-state index is 0.0707. The van der Waals surface area contributed by atoms with E-state index in [9.17, 15) is 9.90 Å². The van der Waals surface area contributed by atoms with E-state index < -0.39 is 12.2 Å². The number of hydrogen-bond acceptors (Lipinski definition) is 5. The van der Waals surface area contributed by atoms with Crippen molar-refractivity contribution in [2.75, 3.05) is 20.7 Å². The fourth-order valence-corrected chi connectivity index (χ4v) is 3.63. The van der Waals surface area contributed by atoms with Gasteiger partial charge in [0.15, 0.2) is 0 Å². The number of amides is 1. The van der Waals surface area contributed by atoms with Gasteiger partial charge in [0, 0.05) is 33.5 Å². The lowest BCUT2D eigenvalue weighted by Crippen LogP contribution is -2.42. The van der Waals surface area contributed by atoms with Gasteiger partial charge >= 0.3 is 0 Å². The van der Waals surface area contributed by atoms with Gasteiger partial charge in [-0.1, -0.05) is 30.3 Å². The first kappa shape index (κ1) is 19.3. The first-order valence-electron chi connectivity index (χ1n) is 9.36. The van der Waals surface area contributed by atoms with Crippen molar-refractivity contribution in [3.05, 3.63) is 35.9 Å². The van der Waals surface area contributed by atoms with E-state index in [1.54, 1.807) is 14.1 Å². The number of benzene rings is 1. The van der Waals surface area contributed by atoms with Gasteiger partial charge in [-0.05, 0) is 18.4 Å². The zero-order chi connectivity index (χ0) is 18.5. The van der Waals surface area contributed by atoms with E-state index in [4.69, 9.17) is 14.2 Å². The van der Waals surface area contributed by atoms with Crippen molar-refractivity contribution >= 4 is 5.91 Å². The normalized spacial score (nSPS) is 30.8. The summed E-state index contributed by atoms with van der Waals surface area (Å²) in [5.41, 5.74) is 1.15. The number of carbonyl (C=O) groups excluding carboxylic acids is 1. The first-order valence-corrected chi connectivity index (χ1v) is 9.36. The van der Waals surface area contributed by atoms with Gasteiger partial charge in [-0.15, -0.1) is 0 Å². The van der Waals surface area contributed by atoms with Crippen LogP contribution >= 0.6 is 0 Å². The third kappa shape index (κ3) is 4.82. The van der Waals surface area contributed by atoms with E-state index in [1.165, 1.54) is 4.90 Å². The predicted octanol–water partition coefficient (Wildman–Crippen LogP) is 1.75. The summed E-state index contributed by atoms with van der Waals surface area (Å²) < 4.78 is 17.8. The second kappa shape index (κ2) is 8.95. The summed E-state index contributed by atoms with van der Waals surface area (Å²) >= 11 is 0. The van der Waals surface area contributed by atoms with Crippen LogP contribution in [0.25, 0.3) is 0 Å². The standard InChI is InChI=1S/C20H29NO5/c1-21(2)20(23)19-12-17-15(22)11-18(26-17)16(25-19)9-6-10-24-13-14-7-4-3-5-8-14/h3-5,7-8,15-19,22H,6,9-13H2,1-2H3/t15-,16+,17+,18+,19+/m1/s1. The fourth-order valence-electron chi connectivity index (χ4n) is 3.63. The lowest BCUT2D eigenvalue weighted by atomic mass is 9.98. The fraction of sp³-hybridized carbons (Fsp3) is 0.650. The van der Waals surface area contributed by atoms with Gasteiger partial charge in [0.1, 0.15) is 6.10 Å². The second-order valence-corrected chi connectivity index (χ2v) is 7.33. The summed E-state index contributed by atoms with van der Waals surface area (Å²) in [5, 5.41) is 10.2. The molecular weight excluding hydrogens is 334 g/mol. The molecule has 0 aromatic heterocycles. The Morgan fingerprint density at radius 3 is 2.69 bits per heavy atom. The third-order valence-corrected chi connectivity index (χ3v) is 5.06. The summed E-state index contributed by atoms with van der Waals surface area (Å²) in [6.45, 7) is 1.22. The number of nitrogens with zero attached hydrogens (tertiary/aromatic N) is 1. The topological polar surface area (TPSA) is 68.2 Å². The molecule has 1 amide bonds. The highest BCUT2D eigenvalue weighted by Crippen LogP contribution is 2.34. The van der Waals surface area contributed by atoms with Crippen LogP contribution < -0.4 is 0 Å². The molecule has 1 aromatic rings. The van der Waals surface area contributed by atoms with Crippen molar-refractivity contribution in [1.82, 2.24) is 4.90 Å². The summed E-state index contributed by atoms with van der Waals surface area (Å²) in [4.78, 5) is 13.9. The Kier molecular flexibility index (Phi) is 6.64. The van der Waals surface area contributed by atoms with E-state index >= 15 is 0 Å². The minimum atomic E-state index is -0.551. The monoisotopic (exact) mass is 363 g/mol. The Labute approximate surface area is 155 Å². The number of fused-ring (bicyclic) bond motifs is 2. The lowest BCUT2D eigenvalue weighted by Gasteiger charge is -2.28. The van der Waals surface area contributed by atoms with Crippen molar-refractivity contribution in [3.8, 4) is 0 Å². The quantitative estimate of drug-likeness (QED) is 0.748. The molecule has 0 radical (unpaired) electrons. The first-order chi connectivity index (χ1) is 12.5. The van der Waals surface area contributed by atoms with Crippen LogP contribution in [0.15, 0.2) is 30.3 Å². The molecule has 0 unspecified atom stereocenters. The molecular formula is C20H29NO5. The Balaban J connectivity index is 1.49. The van der Waals surface area contributed by atoms with Gasteiger partial charge in [-0.2, -0.15) is 0 Å². The van der Waals surface area contributed by atoms with Crippen LogP contribution in [0.4, 0.5) is 0 Å². The van der Waals surface area contributed by atoms with Crippen molar-refractivity contribution in [1.29, 1.82) is 0 Å². The molecule has 1 aromatic carbocycles. The number of aliphatic hydroxyl groups excluding tert-OH is 1. The van der Waals surface area contributed by atoms with Crippen LogP contribution in [0.3, 0.4) is 0 Å². The Morgan fingerprint density at radius 1 is 1.19 bits per heavy atom. The molecule has 0 saturated carbocycles. The van der Waals surface area contributed by atoms with Gasteiger partial charge in [0.2, 0.25) is 0 Å². The van der Waals surface area contributed by atoms with Crippen LogP contribution in [0.2, 0.25) is 0 Å². The molecule has 2 aliphatic rings. The average molecular weight is 363 g/mol. The highest BCUT2D eigenvalue weighted by atomic mass is 16.6. The summed E-state index contributed by atoms with van der Waals surface area (Å²) in [6.07, 6.45) is 0.836. The van der Waals surface area contributed by atoms with Gasteiger partial charge in [0.25, 0.3) is 5.91 Å². The molecule has 2 aliphatic heterocycles. The average Bonchev–Trinajstić information content (AvgIpc) is 2.89. The maximum absolute atomic E-state index is 12.4. The number of aliphatic hydroxyl groups is 1. The van der Waals surface area contributed by atoms with Crippen LogP contribution in [-0.2, 0) is 25.6 Å². The molecule has 2 heterocycles. The number of rotatable bonds is 7. The molecule has 1 N–H and O–H groups in total. The van der Waals surface area contributed by atoms with E-state index in [1.807, 2.05) is 30.3 Å². The van der Waals surface area contributed by atoms with Gasteiger partial charge in [-0.25, -0.2) is 0 Å². The zero-order valence-corrected chi connectivity index (χ0v) is 15.5. The highest BCUT2D eigenvalue weighted by molar-refractivity contribution is 5.80. The molecule has 2 fully saturated rings. The van der Waals surface area contributed by atoms with Crippen molar-refractivity contribution in [2.45, 2.75) is 62.8 Å². The maximum Gasteiger partial charge on any atom is 0.251 e. The zero-order valence-electron chi connectivity index (χ0n) is 15.5. The molecule has 5 atom stereocenters. The van der Waals surface area contributed by atoms with Crippen LogP contribution in [-0.4, -0.2) is 67.1 Å². The molecule has 6 nitrogen and oxygen atoms in total. The van der Waals surface area contributed by atoms with Gasteiger partial charge < -0.3 is 24.2 Å². The molecule has 2 saturated heterocycles. The van der Waals surface area contributed by atoms with Crippen molar-refractivity contribution in [3.63, 3.8) is 0 Å². The number of likely N-dealkylation sites (N-methyl/N-ethyl adjacent to an activating group) is 1. The minimum Gasteiger partial charge on any atom is -0.390 e. The molecule has 3 rings (SSSR count). The third-order valence-electron chi connectivity index (χ3n) is 5.06. The molecule has 6 heteroatoms. The van der Waals surface area contributed by atoms with Crippen LogP contribution in [0.5, 0.6) is 0 Å². The SMILES string of the molecule is CN(C)C(=O)[C@@H]1C[C@@H]2O[C@@H](C[C@H]2O)[C@H](CCCOCc2ccccc2)O1. The Morgan fingerprint density at radius 2 is 1.96 bits per heavy atom. The smallest absolute Gasteiger partial charge is 0.251 e. The molecule has 144 valence electrons. The van der Waals surface area contributed by atoms with E-state index in [2.05, 4.69) is 0 Å². The molecule has 0 spiro atoms. The summed E-state index contributed by atoms with van der Waals surface area (Å²) in [5.74, 6) is -0.0707. The summed E-state index contributed by atoms with van der Waals surface area (Å²) in [6, 6.07) is 10.1. The largest absolute Gasteiger partial charge is 0.390 e. The molecule has 2 bridgehead atoms. The van der Waals surface area contributed by atoms with Gasteiger partial charge in [-0.3, -0.25) is 4.79 Å². The Bertz CT molecular complexity index is 579.